The first-order valence-corrected chi connectivity index (χ1v) is 5.32. The average Bonchev–Trinajstić information content (AvgIpc) is 2.77. The molecule has 16 heavy (non-hydrogen) atoms. The molecule has 0 aliphatic heterocycles. The Kier molecular flexibility index (Phi) is 3.14. The molecule has 2 aromatic heterocycles. The van der Waals surface area contributed by atoms with E-state index in [-0.39, 0.29) is 0 Å². The zero-order valence-corrected chi connectivity index (χ0v) is 9.51. The van der Waals surface area contributed by atoms with Crippen LogP contribution in [-0.2, 0) is 13.0 Å². The number of rotatable bonds is 4. The highest BCUT2D eigenvalue weighted by Crippen LogP contribution is 2.05. The number of nitrogens with one attached hydrogen (secondary N) is 1. The molecule has 0 spiro atoms. The summed E-state index contributed by atoms with van der Waals surface area (Å²) in [7, 11) is 1.83. The normalized spacial score (nSPS) is 10.4. The van der Waals surface area contributed by atoms with Crippen molar-refractivity contribution in [3.05, 3.63) is 36.3 Å². The largest absolute Gasteiger partial charge is 0.372 e. The van der Waals surface area contributed by atoms with Crippen molar-refractivity contribution in [1.29, 1.82) is 0 Å². The number of imidazole rings is 1. The monoisotopic (exact) mass is 217 g/mol. The molecule has 2 heterocycles. The van der Waals surface area contributed by atoms with Crippen LogP contribution in [-0.4, -0.2) is 26.6 Å². The molecule has 0 fully saturated rings. The fourth-order valence-corrected chi connectivity index (χ4v) is 1.54. The standard InChI is InChI=1S/C11H15N5/c1-3-11-13-4-5-16(11)8-9-6-15-10(12-2)7-14-9/h4-7H,3,8H2,1-2H3,(H,12,15). The summed E-state index contributed by atoms with van der Waals surface area (Å²) in [5.74, 6) is 1.85. The third-order valence-electron chi connectivity index (χ3n) is 2.41. The van der Waals surface area contributed by atoms with E-state index in [1.165, 1.54) is 0 Å². The zero-order chi connectivity index (χ0) is 11.4. The summed E-state index contributed by atoms with van der Waals surface area (Å²) < 4.78 is 2.09. The number of hydrogen-bond acceptors (Lipinski definition) is 4. The minimum atomic E-state index is 0.722. The number of hydrogen-bond donors (Lipinski definition) is 1. The van der Waals surface area contributed by atoms with Crippen molar-refractivity contribution >= 4 is 5.82 Å². The van der Waals surface area contributed by atoms with Gasteiger partial charge < -0.3 is 9.88 Å². The maximum absolute atomic E-state index is 4.33. The Labute approximate surface area is 94.6 Å². The van der Waals surface area contributed by atoms with Crippen LogP contribution in [0.1, 0.15) is 18.4 Å². The lowest BCUT2D eigenvalue weighted by Gasteiger charge is -2.06. The molecule has 5 heteroatoms. The van der Waals surface area contributed by atoms with Crippen molar-refractivity contribution in [2.24, 2.45) is 0 Å². The molecule has 0 bridgehead atoms. The highest BCUT2D eigenvalue weighted by atomic mass is 15.1. The number of nitrogens with zero attached hydrogens (tertiary/aromatic N) is 4. The zero-order valence-electron chi connectivity index (χ0n) is 9.51. The minimum Gasteiger partial charge on any atom is -0.372 e. The van der Waals surface area contributed by atoms with E-state index < -0.39 is 0 Å². The first-order valence-electron chi connectivity index (χ1n) is 5.32. The smallest absolute Gasteiger partial charge is 0.144 e. The van der Waals surface area contributed by atoms with Crippen molar-refractivity contribution < 1.29 is 0 Å². The van der Waals surface area contributed by atoms with Gasteiger partial charge in [0.15, 0.2) is 0 Å². The molecule has 0 saturated carbocycles. The second kappa shape index (κ2) is 4.74. The van der Waals surface area contributed by atoms with Gasteiger partial charge in [-0.05, 0) is 0 Å². The summed E-state index contributed by atoms with van der Waals surface area (Å²) in [6, 6.07) is 0. The molecule has 0 aliphatic carbocycles. The number of anilines is 1. The predicted molar refractivity (Wildman–Crippen MR) is 62.3 cm³/mol. The molecule has 0 aliphatic rings. The van der Waals surface area contributed by atoms with E-state index in [9.17, 15) is 0 Å². The van der Waals surface area contributed by atoms with Crippen LogP contribution in [0.4, 0.5) is 5.82 Å². The van der Waals surface area contributed by atoms with Gasteiger partial charge in [0.1, 0.15) is 11.6 Å². The van der Waals surface area contributed by atoms with Gasteiger partial charge in [0.25, 0.3) is 0 Å². The van der Waals surface area contributed by atoms with Gasteiger partial charge in [-0.2, -0.15) is 0 Å². The molecule has 2 aromatic rings. The Morgan fingerprint density at radius 2 is 2.12 bits per heavy atom. The first-order chi connectivity index (χ1) is 7.83. The van der Waals surface area contributed by atoms with Crippen LogP contribution in [0.2, 0.25) is 0 Å². The topological polar surface area (TPSA) is 55.6 Å². The Balaban J connectivity index is 2.14. The van der Waals surface area contributed by atoms with E-state index in [0.717, 1.165) is 30.3 Å². The molecule has 0 amide bonds. The summed E-state index contributed by atoms with van der Waals surface area (Å²) in [5.41, 5.74) is 0.937. The summed E-state index contributed by atoms with van der Waals surface area (Å²) in [6.07, 6.45) is 8.22. The average molecular weight is 217 g/mol. The van der Waals surface area contributed by atoms with Gasteiger partial charge in [0, 0.05) is 25.9 Å². The predicted octanol–water partition coefficient (Wildman–Crippen LogP) is 1.33. The van der Waals surface area contributed by atoms with Gasteiger partial charge >= 0.3 is 0 Å². The molecule has 0 saturated heterocycles. The Hall–Kier alpha value is -1.91. The van der Waals surface area contributed by atoms with E-state index >= 15 is 0 Å². The molecule has 0 aromatic carbocycles. The van der Waals surface area contributed by atoms with E-state index in [4.69, 9.17) is 0 Å². The van der Waals surface area contributed by atoms with Crippen LogP contribution in [0.5, 0.6) is 0 Å². The molecule has 1 N–H and O–H groups in total. The van der Waals surface area contributed by atoms with Crippen molar-refractivity contribution in [3.8, 4) is 0 Å². The Morgan fingerprint density at radius 3 is 2.75 bits per heavy atom. The number of aromatic nitrogens is 4. The highest BCUT2D eigenvalue weighted by Gasteiger charge is 2.02. The second-order valence-electron chi connectivity index (χ2n) is 3.47. The van der Waals surface area contributed by atoms with Gasteiger partial charge in [-0.1, -0.05) is 6.92 Å². The molecule has 2 rings (SSSR count). The summed E-state index contributed by atoms with van der Waals surface area (Å²) in [5, 5.41) is 2.94. The molecule has 0 atom stereocenters. The van der Waals surface area contributed by atoms with E-state index in [0.29, 0.717) is 0 Å². The Bertz CT molecular complexity index is 446. The minimum absolute atomic E-state index is 0.722. The van der Waals surface area contributed by atoms with Crippen LogP contribution >= 0.6 is 0 Å². The quantitative estimate of drug-likeness (QED) is 0.839. The van der Waals surface area contributed by atoms with Crippen LogP contribution < -0.4 is 5.32 Å². The van der Waals surface area contributed by atoms with Crippen molar-refractivity contribution in [3.63, 3.8) is 0 Å². The summed E-state index contributed by atoms with van der Waals surface area (Å²) >= 11 is 0. The molecule has 0 unspecified atom stereocenters. The fourth-order valence-electron chi connectivity index (χ4n) is 1.54. The Morgan fingerprint density at radius 1 is 1.25 bits per heavy atom. The maximum Gasteiger partial charge on any atom is 0.144 e. The van der Waals surface area contributed by atoms with E-state index in [1.54, 1.807) is 12.4 Å². The lowest BCUT2D eigenvalue weighted by Crippen LogP contribution is -2.06. The van der Waals surface area contributed by atoms with Gasteiger partial charge in [0.2, 0.25) is 0 Å². The molecule has 5 nitrogen and oxygen atoms in total. The van der Waals surface area contributed by atoms with Crippen LogP contribution in [0.25, 0.3) is 0 Å². The van der Waals surface area contributed by atoms with Gasteiger partial charge in [-0.15, -0.1) is 0 Å². The van der Waals surface area contributed by atoms with Crippen molar-refractivity contribution in [1.82, 2.24) is 19.5 Å². The van der Waals surface area contributed by atoms with Crippen LogP contribution in [0, 0.1) is 0 Å². The molecular formula is C11H15N5. The van der Waals surface area contributed by atoms with Crippen molar-refractivity contribution in [2.45, 2.75) is 19.9 Å². The SMILES string of the molecule is CCc1nccn1Cc1cnc(NC)cn1. The maximum atomic E-state index is 4.33. The van der Waals surface area contributed by atoms with Crippen LogP contribution in [0.3, 0.4) is 0 Å². The lowest BCUT2D eigenvalue weighted by atomic mass is 10.4. The molecule has 0 radical (unpaired) electrons. The first kappa shape index (κ1) is 10.6. The van der Waals surface area contributed by atoms with Gasteiger partial charge in [-0.3, -0.25) is 4.98 Å². The van der Waals surface area contributed by atoms with Crippen molar-refractivity contribution in [2.75, 3.05) is 12.4 Å². The molecule has 84 valence electrons. The molecular weight excluding hydrogens is 202 g/mol. The van der Waals surface area contributed by atoms with Crippen LogP contribution in [0.15, 0.2) is 24.8 Å². The lowest BCUT2D eigenvalue weighted by molar-refractivity contribution is 0.713. The fraction of sp³-hybridized carbons (Fsp3) is 0.364. The second-order valence-corrected chi connectivity index (χ2v) is 3.47. The highest BCUT2D eigenvalue weighted by molar-refractivity contribution is 5.29. The van der Waals surface area contributed by atoms with Gasteiger partial charge in [-0.25, -0.2) is 9.97 Å². The van der Waals surface area contributed by atoms with E-state index in [1.807, 2.05) is 19.4 Å². The third-order valence-corrected chi connectivity index (χ3v) is 2.41. The number of aryl methyl sites for hydroxylation is 1. The van der Waals surface area contributed by atoms with E-state index in [2.05, 4.69) is 31.8 Å². The summed E-state index contributed by atoms with van der Waals surface area (Å²) in [4.78, 5) is 12.8. The summed E-state index contributed by atoms with van der Waals surface area (Å²) in [6.45, 7) is 2.81. The third kappa shape index (κ3) is 2.18. The van der Waals surface area contributed by atoms with Gasteiger partial charge in [0.05, 0.1) is 24.6 Å².